The van der Waals surface area contributed by atoms with Crippen LogP contribution in [-0.4, -0.2) is 53.8 Å². The number of methoxy groups -OCH3 is 2. The van der Waals surface area contributed by atoms with Gasteiger partial charge in [0.2, 0.25) is 0 Å². The van der Waals surface area contributed by atoms with E-state index >= 15 is 0 Å². The van der Waals surface area contributed by atoms with Crippen molar-refractivity contribution >= 4 is 10.0 Å². The Hall–Kier alpha value is -1.35. The highest BCUT2D eigenvalue weighted by Crippen LogP contribution is 2.29. The summed E-state index contributed by atoms with van der Waals surface area (Å²) in [5.74, 6) is 0.821. The molecule has 0 amide bonds. The van der Waals surface area contributed by atoms with Crippen molar-refractivity contribution in [1.29, 1.82) is 0 Å². The van der Waals surface area contributed by atoms with Gasteiger partial charge in [-0.2, -0.15) is 0 Å². The molecule has 23 heavy (non-hydrogen) atoms. The minimum Gasteiger partial charge on any atom is -0.493 e. The molecule has 0 spiro atoms. The van der Waals surface area contributed by atoms with Gasteiger partial charge in [0.05, 0.1) is 25.7 Å². The van der Waals surface area contributed by atoms with Gasteiger partial charge >= 0.3 is 0 Å². The Morgan fingerprint density at radius 2 is 1.78 bits per heavy atom. The average molecular weight is 344 g/mol. The number of hydrogen-bond donors (Lipinski definition) is 1. The summed E-state index contributed by atoms with van der Waals surface area (Å²) < 4.78 is 34.6. The van der Waals surface area contributed by atoms with E-state index in [0.29, 0.717) is 24.7 Å². The molecule has 0 atom stereocenters. The number of rotatable bonds is 8. The molecule has 7 nitrogen and oxygen atoms in total. The molecule has 0 bridgehead atoms. The van der Waals surface area contributed by atoms with E-state index in [9.17, 15) is 8.42 Å². The highest BCUT2D eigenvalue weighted by atomic mass is 32.2. The summed E-state index contributed by atoms with van der Waals surface area (Å²) in [6, 6.07) is 4.38. The van der Waals surface area contributed by atoms with Crippen LogP contribution < -0.4 is 14.4 Å². The Kier molecular flexibility index (Phi) is 6.64. The minimum absolute atomic E-state index is 0.0631. The SMILES string of the molecule is COc1ccc(S(=O)(=O)NOCCN2CCCCC2)cc1OC. The molecule has 1 heterocycles. The second-order valence-electron chi connectivity index (χ2n) is 5.35. The fraction of sp³-hybridized carbons (Fsp3) is 0.600. The van der Waals surface area contributed by atoms with E-state index in [1.54, 1.807) is 6.07 Å². The van der Waals surface area contributed by atoms with E-state index < -0.39 is 10.0 Å². The number of benzene rings is 1. The second kappa shape index (κ2) is 8.49. The van der Waals surface area contributed by atoms with E-state index in [-0.39, 0.29) is 4.90 Å². The predicted octanol–water partition coefficient (Wildman–Crippen LogP) is 1.40. The summed E-state index contributed by atoms with van der Waals surface area (Å²) in [6.45, 7) is 3.12. The van der Waals surface area contributed by atoms with Crippen LogP contribution >= 0.6 is 0 Å². The highest BCUT2D eigenvalue weighted by molar-refractivity contribution is 7.89. The first kappa shape index (κ1) is 18.0. The summed E-state index contributed by atoms with van der Waals surface area (Å²) >= 11 is 0. The molecule has 1 aromatic carbocycles. The van der Waals surface area contributed by atoms with Crippen LogP contribution in [0.4, 0.5) is 0 Å². The van der Waals surface area contributed by atoms with E-state index in [1.165, 1.54) is 45.6 Å². The quantitative estimate of drug-likeness (QED) is 0.567. The number of sulfonamides is 1. The Labute approximate surface area is 137 Å². The molecule has 1 aromatic rings. The first-order chi connectivity index (χ1) is 11.1. The number of likely N-dealkylation sites (tertiary alicyclic amines) is 1. The van der Waals surface area contributed by atoms with Crippen molar-refractivity contribution in [3.05, 3.63) is 18.2 Å². The van der Waals surface area contributed by atoms with E-state index in [4.69, 9.17) is 14.3 Å². The van der Waals surface area contributed by atoms with Gasteiger partial charge in [0, 0.05) is 12.6 Å². The lowest BCUT2D eigenvalue weighted by atomic mass is 10.1. The number of hydrogen-bond acceptors (Lipinski definition) is 6. The molecule has 1 aliphatic heterocycles. The maximum atomic E-state index is 12.2. The smallest absolute Gasteiger partial charge is 0.262 e. The zero-order chi connectivity index (χ0) is 16.7. The topological polar surface area (TPSA) is 77.1 Å². The highest BCUT2D eigenvalue weighted by Gasteiger charge is 2.17. The molecular weight excluding hydrogens is 320 g/mol. The molecule has 8 heteroatoms. The third-order valence-electron chi connectivity index (χ3n) is 3.79. The van der Waals surface area contributed by atoms with Crippen molar-refractivity contribution < 1.29 is 22.7 Å². The summed E-state index contributed by atoms with van der Waals surface area (Å²) in [6.07, 6.45) is 3.65. The van der Waals surface area contributed by atoms with Crippen LogP contribution in [-0.2, 0) is 14.9 Å². The normalized spacial score (nSPS) is 16.3. The first-order valence-electron chi connectivity index (χ1n) is 7.65. The lowest BCUT2D eigenvalue weighted by Gasteiger charge is -2.25. The Bertz CT molecular complexity index is 600. The van der Waals surface area contributed by atoms with Gasteiger partial charge in [-0.15, -0.1) is 0 Å². The lowest BCUT2D eigenvalue weighted by molar-refractivity contribution is 0.0656. The molecule has 0 saturated carbocycles. The number of nitrogens with one attached hydrogen (secondary N) is 1. The molecular formula is C15H24N2O5S. The molecule has 1 saturated heterocycles. The fourth-order valence-electron chi connectivity index (χ4n) is 2.51. The van der Waals surface area contributed by atoms with Crippen LogP contribution in [0.2, 0.25) is 0 Å². The summed E-state index contributed by atoms with van der Waals surface area (Å²) in [5.41, 5.74) is 0. The minimum atomic E-state index is -3.75. The zero-order valence-corrected chi connectivity index (χ0v) is 14.4. The maximum Gasteiger partial charge on any atom is 0.262 e. The van der Waals surface area contributed by atoms with E-state index in [1.807, 2.05) is 0 Å². The first-order valence-corrected chi connectivity index (χ1v) is 9.13. The number of ether oxygens (including phenoxy) is 2. The molecule has 0 unspecified atom stereocenters. The molecule has 1 fully saturated rings. The predicted molar refractivity (Wildman–Crippen MR) is 86.1 cm³/mol. The van der Waals surface area contributed by atoms with Crippen molar-refractivity contribution in [3.63, 3.8) is 0 Å². The number of piperidine rings is 1. The third-order valence-corrected chi connectivity index (χ3v) is 5.00. The van der Waals surface area contributed by atoms with Crippen molar-refractivity contribution in [2.24, 2.45) is 0 Å². The van der Waals surface area contributed by atoms with Crippen molar-refractivity contribution in [2.75, 3.05) is 40.5 Å². The van der Waals surface area contributed by atoms with E-state index in [0.717, 1.165) is 13.1 Å². The van der Waals surface area contributed by atoms with Gasteiger partial charge in [0.1, 0.15) is 0 Å². The molecule has 2 rings (SSSR count). The molecule has 0 aliphatic carbocycles. The van der Waals surface area contributed by atoms with Crippen molar-refractivity contribution in [1.82, 2.24) is 9.79 Å². The summed E-state index contributed by atoms with van der Waals surface area (Å²) in [4.78, 5) is 9.62. The van der Waals surface area contributed by atoms with E-state index in [2.05, 4.69) is 9.79 Å². The molecule has 0 aromatic heterocycles. The Balaban J connectivity index is 1.88. The second-order valence-corrected chi connectivity index (χ2v) is 7.00. The average Bonchev–Trinajstić information content (AvgIpc) is 2.59. The summed E-state index contributed by atoms with van der Waals surface area (Å²) in [5, 5.41) is 0. The largest absolute Gasteiger partial charge is 0.493 e. The lowest BCUT2D eigenvalue weighted by Crippen LogP contribution is -2.35. The third kappa shape index (κ3) is 5.07. The van der Waals surface area contributed by atoms with Gasteiger partial charge in [-0.05, 0) is 38.1 Å². The van der Waals surface area contributed by atoms with Gasteiger partial charge < -0.3 is 14.4 Å². The molecule has 130 valence electrons. The Morgan fingerprint density at radius 1 is 1.09 bits per heavy atom. The molecule has 1 N–H and O–H groups in total. The van der Waals surface area contributed by atoms with Gasteiger partial charge in [-0.25, -0.2) is 8.42 Å². The van der Waals surface area contributed by atoms with Crippen LogP contribution in [0.25, 0.3) is 0 Å². The maximum absolute atomic E-state index is 12.2. The fourth-order valence-corrected chi connectivity index (χ4v) is 3.35. The van der Waals surface area contributed by atoms with Gasteiger partial charge in [0.15, 0.2) is 11.5 Å². The van der Waals surface area contributed by atoms with Crippen molar-refractivity contribution in [3.8, 4) is 11.5 Å². The van der Waals surface area contributed by atoms with Crippen LogP contribution in [0, 0.1) is 0 Å². The zero-order valence-electron chi connectivity index (χ0n) is 13.6. The van der Waals surface area contributed by atoms with Crippen LogP contribution in [0.5, 0.6) is 11.5 Å². The summed E-state index contributed by atoms with van der Waals surface area (Å²) in [7, 11) is -0.798. The van der Waals surface area contributed by atoms with Crippen LogP contribution in [0.3, 0.4) is 0 Å². The van der Waals surface area contributed by atoms with Crippen LogP contribution in [0.15, 0.2) is 23.1 Å². The van der Waals surface area contributed by atoms with Gasteiger partial charge in [0.25, 0.3) is 10.0 Å². The standard InChI is InChI=1S/C15H24N2O5S/c1-20-14-7-6-13(12-15(14)21-2)23(18,19)16-22-11-10-17-8-4-3-5-9-17/h6-7,12,16H,3-5,8-11H2,1-2H3. The Morgan fingerprint density at radius 3 is 2.43 bits per heavy atom. The number of nitrogens with zero attached hydrogens (tertiary/aromatic N) is 1. The monoisotopic (exact) mass is 344 g/mol. The van der Waals surface area contributed by atoms with Gasteiger partial charge in [-0.3, -0.25) is 4.84 Å². The molecule has 0 radical (unpaired) electrons. The van der Waals surface area contributed by atoms with Crippen molar-refractivity contribution in [2.45, 2.75) is 24.2 Å². The van der Waals surface area contributed by atoms with Gasteiger partial charge in [-0.1, -0.05) is 11.3 Å². The van der Waals surface area contributed by atoms with Crippen LogP contribution in [0.1, 0.15) is 19.3 Å². The molecule has 1 aliphatic rings.